The number of rotatable bonds is 18. The molecule has 45 heavy (non-hydrogen) atoms. The molecule has 3 aromatic rings. The Kier molecular flexibility index (Phi) is 14.0. The minimum absolute atomic E-state index is 0.120. The number of para-hydroxylation sites is 1. The fourth-order valence-corrected chi connectivity index (χ4v) is 5.17. The Morgan fingerprint density at radius 1 is 0.911 bits per heavy atom. The van der Waals surface area contributed by atoms with Crippen LogP contribution in [0.4, 0.5) is 5.69 Å². The van der Waals surface area contributed by atoms with Crippen LogP contribution < -0.4 is 21.7 Å². The van der Waals surface area contributed by atoms with Crippen LogP contribution in [0.2, 0.25) is 0 Å². The molecule has 0 bridgehead atoms. The SMILES string of the molecule is NCCO/N=C(\c1ccccc1)c1ccc(CSC[C@H](NC(=O)CC[C@H](N)C(=O)O)C(=O)N(CC(=O)O)c2ccccc2)cc1. The lowest BCUT2D eigenvalue weighted by Gasteiger charge is -2.27. The number of nitrogens with one attached hydrogen (secondary N) is 1. The molecule has 3 rings (SSSR count). The van der Waals surface area contributed by atoms with E-state index in [0.717, 1.165) is 21.6 Å². The van der Waals surface area contributed by atoms with Gasteiger partial charge < -0.3 is 31.8 Å². The van der Waals surface area contributed by atoms with Crippen LogP contribution in [-0.4, -0.2) is 77.2 Å². The first kappa shape index (κ1) is 34.8. The van der Waals surface area contributed by atoms with Crippen LogP contribution in [0.25, 0.3) is 0 Å². The Morgan fingerprint density at radius 3 is 2.13 bits per heavy atom. The number of aliphatic carboxylic acids is 2. The predicted molar refractivity (Wildman–Crippen MR) is 173 cm³/mol. The third kappa shape index (κ3) is 11.4. The number of carboxylic acids is 2. The van der Waals surface area contributed by atoms with Crippen molar-refractivity contribution in [3.05, 3.63) is 102 Å². The second-order valence-electron chi connectivity index (χ2n) is 9.90. The maximum absolute atomic E-state index is 13.6. The number of nitrogens with two attached hydrogens (primary N) is 2. The molecule has 0 unspecified atom stereocenters. The standard InChI is InChI=1S/C32H37N5O7S/c33-17-18-44-36-30(23-7-3-1-4-8-23)24-13-11-22(12-14-24)20-45-21-27(35-28(38)16-15-26(34)32(42)43)31(41)37(19-29(39)40)25-9-5-2-6-10-25/h1-14,26-27H,15-21,33-34H2,(H,35,38)(H,39,40)(H,42,43)/b36-30+/t26-,27-/m0/s1. The highest BCUT2D eigenvalue weighted by atomic mass is 32.2. The van der Waals surface area contributed by atoms with Gasteiger partial charge in [-0.1, -0.05) is 78.0 Å². The molecule has 0 saturated heterocycles. The average molecular weight is 636 g/mol. The molecule has 0 fully saturated rings. The number of benzene rings is 3. The van der Waals surface area contributed by atoms with Crippen molar-refractivity contribution in [1.29, 1.82) is 0 Å². The van der Waals surface area contributed by atoms with E-state index >= 15 is 0 Å². The smallest absolute Gasteiger partial charge is 0.323 e. The molecule has 0 saturated carbocycles. The molecule has 0 aliphatic heterocycles. The van der Waals surface area contributed by atoms with Gasteiger partial charge in [-0.2, -0.15) is 11.8 Å². The second kappa shape index (κ2) is 18.2. The predicted octanol–water partition coefficient (Wildman–Crippen LogP) is 2.44. The number of carbonyl (C=O) groups excluding carboxylic acids is 2. The molecule has 2 amide bonds. The van der Waals surface area contributed by atoms with E-state index in [1.54, 1.807) is 30.3 Å². The summed E-state index contributed by atoms with van der Waals surface area (Å²) in [5.41, 5.74) is 14.7. The average Bonchev–Trinajstić information content (AvgIpc) is 3.05. The van der Waals surface area contributed by atoms with Gasteiger partial charge in [0.25, 0.3) is 5.91 Å². The first-order chi connectivity index (χ1) is 21.7. The van der Waals surface area contributed by atoms with E-state index in [-0.39, 0.29) is 25.2 Å². The van der Waals surface area contributed by atoms with E-state index in [9.17, 15) is 24.3 Å². The number of carboxylic acid groups (broad SMARTS) is 2. The Balaban J connectivity index is 1.75. The number of nitrogens with zero attached hydrogens (tertiary/aromatic N) is 2. The van der Waals surface area contributed by atoms with Crippen LogP contribution in [0, 0.1) is 0 Å². The monoisotopic (exact) mass is 635 g/mol. The molecule has 0 aliphatic carbocycles. The highest BCUT2D eigenvalue weighted by molar-refractivity contribution is 7.98. The molecule has 238 valence electrons. The van der Waals surface area contributed by atoms with Crippen LogP contribution in [0.5, 0.6) is 0 Å². The second-order valence-corrected chi connectivity index (χ2v) is 10.9. The normalized spacial score (nSPS) is 12.5. The lowest BCUT2D eigenvalue weighted by atomic mass is 10.0. The maximum Gasteiger partial charge on any atom is 0.323 e. The first-order valence-electron chi connectivity index (χ1n) is 14.2. The Morgan fingerprint density at radius 2 is 1.53 bits per heavy atom. The van der Waals surface area contributed by atoms with Crippen molar-refractivity contribution in [2.75, 3.05) is 30.3 Å². The van der Waals surface area contributed by atoms with Gasteiger partial charge in [-0.3, -0.25) is 24.1 Å². The number of thioether (sulfide) groups is 1. The quantitative estimate of drug-likeness (QED) is 0.0786. The molecular formula is C32H37N5O7S. The highest BCUT2D eigenvalue weighted by Gasteiger charge is 2.29. The molecule has 2 atom stereocenters. The van der Waals surface area contributed by atoms with Crippen LogP contribution in [0.3, 0.4) is 0 Å². The van der Waals surface area contributed by atoms with Gasteiger partial charge in [0, 0.05) is 41.3 Å². The van der Waals surface area contributed by atoms with E-state index in [4.69, 9.17) is 21.4 Å². The summed E-state index contributed by atoms with van der Waals surface area (Å²) < 4.78 is 0. The third-order valence-corrected chi connectivity index (χ3v) is 7.56. The number of hydrogen-bond acceptors (Lipinski definition) is 9. The van der Waals surface area contributed by atoms with Gasteiger partial charge in [0.1, 0.15) is 30.9 Å². The molecule has 0 aliphatic rings. The molecule has 0 heterocycles. The van der Waals surface area contributed by atoms with E-state index in [1.807, 2.05) is 54.6 Å². The van der Waals surface area contributed by atoms with Gasteiger partial charge in [-0.05, 0) is 24.1 Å². The van der Waals surface area contributed by atoms with Crippen molar-refractivity contribution in [2.24, 2.45) is 16.6 Å². The molecule has 0 aromatic heterocycles. The van der Waals surface area contributed by atoms with Gasteiger partial charge in [-0.15, -0.1) is 0 Å². The molecule has 13 heteroatoms. The molecule has 0 radical (unpaired) electrons. The fourth-order valence-electron chi connectivity index (χ4n) is 4.16. The molecule has 3 aromatic carbocycles. The largest absolute Gasteiger partial charge is 0.480 e. The van der Waals surface area contributed by atoms with Gasteiger partial charge >= 0.3 is 11.9 Å². The lowest BCUT2D eigenvalue weighted by Crippen LogP contribution is -2.51. The minimum atomic E-state index is -1.24. The summed E-state index contributed by atoms with van der Waals surface area (Å²) in [6.07, 6.45) is -0.335. The molecule has 7 N–H and O–H groups in total. The van der Waals surface area contributed by atoms with Crippen LogP contribution in [0.15, 0.2) is 90.1 Å². The summed E-state index contributed by atoms with van der Waals surface area (Å²) in [5.74, 6) is -3.02. The summed E-state index contributed by atoms with van der Waals surface area (Å²) in [4.78, 5) is 55.5. The number of carbonyl (C=O) groups is 4. The van der Waals surface area contributed by atoms with Crippen molar-refractivity contribution >= 4 is 46.9 Å². The number of oxime groups is 1. The van der Waals surface area contributed by atoms with Crippen molar-refractivity contribution in [1.82, 2.24) is 5.32 Å². The van der Waals surface area contributed by atoms with E-state index in [0.29, 0.717) is 23.7 Å². The zero-order valence-electron chi connectivity index (χ0n) is 24.6. The summed E-state index contributed by atoms with van der Waals surface area (Å²) in [6.45, 7) is 0.00844. The Hall–Kier alpha value is -4.72. The molecular weight excluding hydrogens is 598 g/mol. The number of hydrogen-bond donors (Lipinski definition) is 5. The van der Waals surface area contributed by atoms with Gasteiger partial charge in [0.2, 0.25) is 5.91 Å². The zero-order chi connectivity index (χ0) is 32.6. The van der Waals surface area contributed by atoms with Crippen LogP contribution >= 0.6 is 11.8 Å². The number of anilines is 1. The summed E-state index contributed by atoms with van der Waals surface area (Å²) in [6, 6.07) is 23.2. The fraction of sp³-hybridized carbons (Fsp3) is 0.281. The van der Waals surface area contributed by atoms with Crippen molar-refractivity contribution in [3.8, 4) is 0 Å². The van der Waals surface area contributed by atoms with Gasteiger partial charge in [-0.25, -0.2) is 0 Å². The Bertz CT molecular complexity index is 1440. The van der Waals surface area contributed by atoms with Crippen LogP contribution in [-0.2, 0) is 29.8 Å². The van der Waals surface area contributed by atoms with E-state index < -0.39 is 42.4 Å². The summed E-state index contributed by atoms with van der Waals surface area (Å²) in [5, 5.41) is 25.5. The van der Waals surface area contributed by atoms with Gasteiger partial charge in [0.05, 0.1) is 0 Å². The topological polar surface area (TPSA) is 198 Å². The Labute approximate surface area is 265 Å². The lowest BCUT2D eigenvalue weighted by molar-refractivity contribution is -0.139. The molecule has 0 spiro atoms. The van der Waals surface area contributed by atoms with Gasteiger partial charge in [0.15, 0.2) is 0 Å². The number of amides is 2. The summed E-state index contributed by atoms with van der Waals surface area (Å²) >= 11 is 1.38. The maximum atomic E-state index is 13.6. The van der Waals surface area contributed by atoms with Crippen molar-refractivity contribution in [3.63, 3.8) is 0 Å². The van der Waals surface area contributed by atoms with Crippen molar-refractivity contribution in [2.45, 2.75) is 30.7 Å². The minimum Gasteiger partial charge on any atom is -0.480 e. The first-order valence-corrected chi connectivity index (χ1v) is 15.3. The third-order valence-electron chi connectivity index (χ3n) is 6.45. The van der Waals surface area contributed by atoms with E-state index in [1.165, 1.54) is 11.8 Å². The van der Waals surface area contributed by atoms with Crippen molar-refractivity contribution < 1.29 is 34.2 Å². The summed E-state index contributed by atoms with van der Waals surface area (Å²) in [7, 11) is 0. The highest BCUT2D eigenvalue weighted by Crippen LogP contribution is 2.20. The van der Waals surface area contributed by atoms with E-state index in [2.05, 4.69) is 10.5 Å². The van der Waals surface area contributed by atoms with Crippen LogP contribution in [0.1, 0.15) is 29.5 Å². The molecule has 12 nitrogen and oxygen atoms in total. The zero-order valence-corrected chi connectivity index (χ0v) is 25.4.